The number of ether oxygens (including phenoxy) is 1. The first-order valence-electron chi connectivity index (χ1n) is 15.3. The highest BCUT2D eigenvalue weighted by atomic mass is 32.2. The van der Waals surface area contributed by atoms with Gasteiger partial charge in [-0.25, -0.2) is 19.0 Å². The monoisotopic (exact) mass is 613 g/mol. The average Bonchev–Trinajstić information content (AvgIpc) is 3.46. The van der Waals surface area contributed by atoms with Crippen molar-refractivity contribution >= 4 is 44.3 Å². The maximum absolute atomic E-state index is 12.9. The Labute approximate surface area is 258 Å². The molecule has 1 saturated carbocycles. The molecule has 1 aromatic carbocycles. The molecule has 3 fully saturated rings. The maximum Gasteiger partial charge on any atom is 0.410 e. The number of anilines is 2. The first-order valence-corrected chi connectivity index (χ1v) is 17.7. The van der Waals surface area contributed by atoms with Crippen molar-refractivity contribution in [3.05, 3.63) is 66.0 Å². The van der Waals surface area contributed by atoms with Gasteiger partial charge < -0.3 is 15.0 Å². The fourth-order valence-corrected chi connectivity index (χ4v) is 7.24. The topological polar surface area (TPSA) is 115 Å². The van der Waals surface area contributed by atoms with Crippen LogP contribution < -0.4 is 5.32 Å². The third kappa shape index (κ3) is 5.77. The molecule has 10 nitrogen and oxygen atoms in total. The van der Waals surface area contributed by atoms with E-state index in [1.165, 1.54) is 5.56 Å². The molecule has 230 valence electrons. The van der Waals surface area contributed by atoms with E-state index in [1.54, 1.807) is 18.6 Å². The van der Waals surface area contributed by atoms with Crippen LogP contribution in [-0.2, 0) is 14.5 Å². The maximum atomic E-state index is 12.9. The van der Waals surface area contributed by atoms with Gasteiger partial charge in [0.1, 0.15) is 11.4 Å². The molecule has 11 heteroatoms. The van der Waals surface area contributed by atoms with E-state index in [-0.39, 0.29) is 18.2 Å². The van der Waals surface area contributed by atoms with E-state index < -0.39 is 15.3 Å². The smallest absolute Gasteiger partial charge is 0.410 e. The molecule has 1 aliphatic carbocycles. The Hall–Kier alpha value is -3.99. The van der Waals surface area contributed by atoms with Crippen LogP contribution in [0.2, 0.25) is 0 Å². The first-order chi connectivity index (χ1) is 20.9. The Morgan fingerprint density at radius 1 is 1.05 bits per heavy atom. The molecule has 2 bridgehead atoms. The summed E-state index contributed by atoms with van der Waals surface area (Å²) in [5.41, 5.74) is 3.54. The predicted molar refractivity (Wildman–Crippen MR) is 173 cm³/mol. The molecule has 5 heterocycles. The number of carbonyl (C=O) groups excluding carboxylic acids is 1. The van der Waals surface area contributed by atoms with Crippen LogP contribution in [0.4, 0.5) is 22.2 Å². The number of rotatable bonds is 6. The lowest BCUT2D eigenvalue weighted by molar-refractivity contribution is 0.0213. The lowest BCUT2D eigenvalue weighted by Gasteiger charge is -2.28. The van der Waals surface area contributed by atoms with Crippen LogP contribution in [-0.4, -0.2) is 64.9 Å². The number of nitrogens with one attached hydrogen (secondary N) is 1. The molecule has 0 spiro atoms. The average molecular weight is 614 g/mol. The molecule has 0 radical (unpaired) electrons. The lowest BCUT2D eigenvalue weighted by atomic mass is 9.84. The van der Waals surface area contributed by atoms with Crippen molar-refractivity contribution in [2.45, 2.75) is 82.4 Å². The standard InChI is InChI=1S/C33H39N7O3S/c1-33(2,3)43-32(41)39-24-15-16-26(39)25(18-24)20-11-13-23(14-12-20)35-31-34-19-22-17-27(21-9-10-21)40(30(22)37-31)29-8-6-7-28(36-29)38-44(4,5)42/h6-8,11-14,17,19,21,24-26H,9-10,15-16,18H2,1-5H3,(H,34,35,37). The highest BCUT2D eigenvalue weighted by molar-refractivity contribution is 7.92. The molecule has 3 aliphatic rings. The van der Waals surface area contributed by atoms with Crippen molar-refractivity contribution in [2.24, 2.45) is 4.36 Å². The third-order valence-electron chi connectivity index (χ3n) is 8.56. The van der Waals surface area contributed by atoms with Gasteiger partial charge >= 0.3 is 6.09 Å². The normalized spacial score (nSPS) is 21.6. The fourth-order valence-electron chi connectivity index (χ4n) is 6.69. The number of pyridine rings is 1. The van der Waals surface area contributed by atoms with Gasteiger partial charge in [0.2, 0.25) is 5.95 Å². The largest absolute Gasteiger partial charge is 0.444 e. The number of amides is 1. The highest BCUT2D eigenvalue weighted by Gasteiger charge is 2.50. The lowest BCUT2D eigenvalue weighted by Crippen LogP contribution is -2.40. The number of benzene rings is 1. The number of hydrogen-bond donors (Lipinski definition) is 1. The van der Waals surface area contributed by atoms with Crippen LogP contribution in [0.1, 0.15) is 76.0 Å². The number of aromatic nitrogens is 4. The minimum atomic E-state index is -2.34. The Bertz CT molecular complexity index is 1860. The van der Waals surface area contributed by atoms with Crippen LogP contribution in [0.15, 0.2) is 59.1 Å². The van der Waals surface area contributed by atoms with Crippen LogP contribution >= 0.6 is 0 Å². The van der Waals surface area contributed by atoms with Gasteiger partial charge in [0, 0.05) is 63.2 Å². The molecule has 2 saturated heterocycles. The zero-order chi connectivity index (χ0) is 30.8. The zero-order valence-electron chi connectivity index (χ0n) is 25.9. The van der Waals surface area contributed by atoms with Crippen molar-refractivity contribution in [2.75, 3.05) is 17.8 Å². The van der Waals surface area contributed by atoms with E-state index in [0.29, 0.717) is 29.4 Å². The minimum absolute atomic E-state index is 0.175. The van der Waals surface area contributed by atoms with Gasteiger partial charge in [0.25, 0.3) is 0 Å². The molecular formula is C33H39N7O3S. The van der Waals surface area contributed by atoms with Gasteiger partial charge in [-0.05, 0) is 94.7 Å². The summed E-state index contributed by atoms with van der Waals surface area (Å²) in [6, 6.07) is 16.6. The predicted octanol–water partition coefficient (Wildman–Crippen LogP) is 7.05. The van der Waals surface area contributed by atoms with Gasteiger partial charge in [-0.1, -0.05) is 18.2 Å². The second-order valence-corrected chi connectivity index (χ2v) is 16.1. The van der Waals surface area contributed by atoms with Crippen molar-refractivity contribution in [3.63, 3.8) is 0 Å². The quantitative estimate of drug-likeness (QED) is 0.248. The van der Waals surface area contributed by atoms with E-state index in [9.17, 15) is 9.00 Å². The second kappa shape index (κ2) is 10.6. The van der Waals surface area contributed by atoms with E-state index in [1.807, 2.05) is 44.0 Å². The molecule has 1 N–H and O–H groups in total. The van der Waals surface area contributed by atoms with Gasteiger partial charge in [-0.15, -0.1) is 0 Å². The Morgan fingerprint density at radius 2 is 1.82 bits per heavy atom. The zero-order valence-corrected chi connectivity index (χ0v) is 26.7. The third-order valence-corrected chi connectivity index (χ3v) is 9.19. The van der Waals surface area contributed by atoms with Gasteiger partial charge in [-0.3, -0.25) is 4.57 Å². The van der Waals surface area contributed by atoms with Crippen molar-refractivity contribution in [1.82, 2.24) is 24.4 Å². The number of fused-ring (bicyclic) bond motifs is 3. The van der Waals surface area contributed by atoms with Crippen LogP contribution in [0.3, 0.4) is 0 Å². The number of nitrogens with zero attached hydrogens (tertiary/aromatic N) is 6. The molecule has 4 aromatic rings. The molecule has 3 aromatic heterocycles. The van der Waals surface area contributed by atoms with Crippen LogP contribution in [0.25, 0.3) is 16.9 Å². The number of hydrogen-bond acceptors (Lipinski definition) is 8. The van der Waals surface area contributed by atoms with Crippen LogP contribution in [0, 0.1) is 0 Å². The Balaban J connectivity index is 1.13. The molecule has 2 aliphatic heterocycles. The summed E-state index contributed by atoms with van der Waals surface area (Å²) >= 11 is 0. The summed E-state index contributed by atoms with van der Waals surface area (Å²) in [6.07, 6.45) is 10.1. The fraction of sp³-hybridized carbons (Fsp3) is 0.455. The summed E-state index contributed by atoms with van der Waals surface area (Å²) < 4.78 is 24.4. The van der Waals surface area contributed by atoms with Gasteiger partial charge in [0.05, 0.1) is 0 Å². The van der Waals surface area contributed by atoms with Crippen LogP contribution in [0.5, 0.6) is 0 Å². The molecular weight excluding hydrogens is 574 g/mol. The van der Waals surface area contributed by atoms with Gasteiger partial charge in [0.15, 0.2) is 11.5 Å². The summed E-state index contributed by atoms with van der Waals surface area (Å²) in [5, 5.41) is 4.32. The van der Waals surface area contributed by atoms with Crippen molar-refractivity contribution in [1.29, 1.82) is 0 Å². The molecule has 44 heavy (non-hydrogen) atoms. The summed E-state index contributed by atoms with van der Waals surface area (Å²) in [5.74, 6) is 2.39. The summed E-state index contributed by atoms with van der Waals surface area (Å²) in [4.78, 5) is 29.2. The Morgan fingerprint density at radius 3 is 2.52 bits per heavy atom. The Kier molecular flexibility index (Phi) is 6.91. The molecule has 3 atom stereocenters. The van der Waals surface area contributed by atoms with Crippen molar-refractivity contribution < 1.29 is 13.7 Å². The van der Waals surface area contributed by atoms with E-state index in [2.05, 4.69) is 49.6 Å². The SMILES string of the molecule is CC(C)(C)OC(=O)N1C2CCC1C(c1ccc(Nc3ncc4cc(C5CC5)n(-c5cccc(N=S(C)(C)=O)n5)c4n3)cc1)C2. The number of carbonyl (C=O) groups is 1. The summed E-state index contributed by atoms with van der Waals surface area (Å²) in [6.45, 7) is 5.75. The molecule has 7 rings (SSSR count). The molecule has 1 amide bonds. The summed E-state index contributed by atoms with van der Waals surface area (Å²) in [7, 11) is -2.34. The van der Waals surface area contributed by atoms with E-state index in [4.69, 9.17) is 14.7 Å². The second-order valence-electron chi connectivity index (χ2n) is 13.6. The van der Waals surface area contributed by atoms with E-state index >= 15 is 0 Å². The van der Waals surface area contributed by atoms with E-state index in [0.717, 1.165) is 54.5 Å². The highest BCUT2D eigenvalue weighted by Crippen LogP contribution is 2.47. The molecule has 3 unspecified atom stereocenters. The van der Waals surface area contributed by atoms with Gasteiger partial charge in [-0.2, -0.15) is 9.35 Å². The van der Waals surface area contributed by atoms with Crippen molar-refractivity contribution in [3.8, 4) is 5.82 Å². The first kappa shape index (κ1) is 28.8. The minimum Gasteiger partial charge on any atom is -0.444 e.